The Kier molecular flexibility index (Phi) is 7.73. The highest BCUT2D eigenvalue weighted by molar-refractivity contribution is 5.95. The van der Waals surface area contributed by atoms with Crippen molar-refractivity contribution in [3.63, 3.8) is 0 Å². The molecule has 8 heteroatoms. The van der Waals surface area contributed by atoms with Crippen LogP contribution in [0.5, 0.6) is 0 Å². The third-order valence-electron chi connectivity index (χ3n) is 7.02. The number of piperazine rings is 1. The number of amides is 2. The fraction of sp³-hybridized carbons (Fsp3) is 0.393. The van der Waals surface area contributed by atoms with Crippen molar-refractivity contribution in [2.24, 2.45) is 0 Å². The summed E-state index contributed by atoms with van der Waals surface area (Å²) in [5.41, 5.74) is 3.00. The first kappa shape index (κ1) is 24.2. The van der Waals surface area contributed by atoms with E-state index in [1.807, 2.05) is 35.0 Å². The van der Waals surface area contributed by atoms with E-state index in [0.29, 0.717) is 31.6 Å². The Morgan fingerprint density at radius 2 is 1.56 bits per heavy atom. The van der Waals surface area contributed by atoms with E-state index in [1.54, 1.807) is 11.1 Å². The van der Waals surface area contributed by atoms with E-state index in [9.17, 15) is 9.59 Å². The molecule has 3 aromatic rings. The largest absolute Gasteiger partial charge is 0.352 e. The Morgan fingerprint density at radius 1 is 0.833 bits per heavy atom. The van der Waals surface area contributed by atoms with Gasteiger partial charge in [0.05, 0.1) is 19.3 Å². The summed E-state index contributed by atoms with van der Waals surface area (Å²) < 4.78 is 1.86. The second-order valence-electron chi connectivity index (χ2n) is 9.55. The summed E-state index contributed by atoms with van der Waals surface area (Å²) in [5, 5.41) is 7.31. The molecule has 188 valence electrons. The molecule has 2 aromatic carbocycles. The second kappa shape index (κ2) is 11.5. The van der Waals surface area contributed by atoms with Crippen molar-refractivity contribution in [2.45, 2.75) is 32.5 Å². The van der Waals surface area contributed by atoms with Crippen LogP contribution in [0.2, 0.25) is 0 Å². The van der Waals surface area contributed by atoms with Crippen molar-refractivity contribution in [1.82, 2.24) is 24.9 Å². The number of rotatable bonds is 9. The van der Waals surface area contributed by atoms with Crippen LogP contribution in [0.15, 0.2) is 66.9 Å². The van der Waals surface area contributed by atoms with E-state index in [0.717, 1.165) is 57.1 Å². The molecule has 0 unspecified atom stereocenters. The summed E-state index contributed by atoms with van der Waals surface area (Å²) >= 11 is 0. The van der Waals surface area contributed by atoms with Crippen LogP contribution in [0.1, 0.15) is 34.3 Å². The van der Waals surface area contributed by atoms with Gasteiger partial charge in [-0.2, -0.15) is 5.10 Å². The molecule has 1 aromatic heterocycles. The van der Waals surface area contributed by atoms with Crippen molar-refractivity contribution in [3.8, 4) is 0 Å². The molecule has 0 bridgehead atoms. The number of nitrogens with zero attached hydrogens (tertiary/aromatic N) is 5. The molecule has 1 fully saturated rings. The maximum atomic E-state index is 12.6. The van der Waals surface area contributed by atoms with E-state index >= 15 is 0 Å². The van der Waals surface area contributed by atoms with Crippen LogP contribution >= 0.6 is 0 Å². The zero-order valence-corrected chi connectivity index (χ0v) is 20.7. The maximum absolute atomic E-state index is 12.6. The number of hydrogen-bond donors (Lipinski definition) is 1. The average molecular weight is 487 g/mol. The van der Waals surface area contributed by atoms with Gasteiger partial charge in [-0.3, -0.25) is 19.4 Å². The molecule has 1 N–H and O–H groups in total. The van der Waals surface area contributed by atoms with Gasteiger partial charge in [0.2, 0.25) is 5.91 Å². The predicted molar refractivity (Wildman–Crippen MR) is 140 cm³/mol. The summed E-state index contributed by atoms with van der Waals surface area (Å²) in [7, 11) is 0. The van der Waals surface area contributed by atoms with Crippen LogP contribution in [0.3, 0.4) is 0 Å². The Balaban J connectivity index is 1.01. The number of benzene rings is 2. The molecule has 2 amide bonds. The van der Waals surface area contributed by atoms with Gasteiger partial charge in [-0.05, 0) is 36.2 Å². The lowest BCUT2D eigenvalue weighted by Gasteiger charge is -2.34. The number of carbonyl (C=O) groups excluding carboxylic acids is 2. The number of fused-ring (bicyclic) bond motifs is 1. The van der Waals surface area contributed by atoms with Gasteiger partial charge in [0.1, 0.15) is 5.82 Å². The van der Waals surface area contributed by atoms with Crippen LogP contribution in [-0.2, 0) is 24.4 Å². The molecule has 5 rings (SSSR count). The topological polar surface area (TPSA) is 73.7 Å². The lowest BCUT2D eigenvalue weighted by atomic mass is 10.1. The monoisotopic (exact) mass is 486 g/mol. The first-order valence-corrected chi connectivity index (χ1v) is 12.8. The van der Waals surface area contributed by atoms with Gasteiger partial charge in [-0.25, -0.2) is 4.68 Å². The zero-order chi connectivity index (χ0) is 24.7. The van der Waals surface area contributed by atoms with Gasteiger partial charge in [-0.15, -0.1) is 0 Å². The Labute approximate surface area is 212 Å². The van der Waals surface area contributed by atoms with E-state index in [4.69, 9.17) is 0 Å². The van der Waals surface area contributed by atoms with Crippen LogP contribution in [0, 0.1) is 0 Å². The second-order valence-corrected chi connectivity index (χ2v) is 9.55. The van der Waals surface area contributed by atoms with Gasteiger partial charge < -0.3 is 10.2 Å². The number of anilines is 1. The van der Waals surface area contributed by atoms with E-state index in [2.05, 4.69) is 50.5 Å². The maximum Gasteiger partial charge on any atom is 0.251 e. The van der Waals surface area contributed by atoms with Crippen molar-refractivity contribution in [2.75, 3.05) is 44.2 Å². The molecule has 36 heavy (non-hydrogen) atoms. The molecule has 2 aliphatic heterocycles. The van der Waals surface area contributed by atoms with E-state index < -0.39 is 0 Å². The van der Waals surface area contributed by atoms with Crippen LogP contribution in [-0.4, -0.2) is 70.7 Å². The molecule has 0 saturated carbocycles. The normalized spacial score (nSPS) is 16.7. The molecule has 0 aliphatic carbocycles. The Hall–Kier alpha value is -3.49. The van der Waals surface area contributed by atoms with Crippen LogP contribution < -0.4 is 10.2 Å². The van der Waals surface area contributed by atoms with Crippen molar-refractivity contribution >= 4 is 17.6 Å². The first-order valence-electron chi connectivity index (χ1n) is 12.8. The van der Waals surface area contributed by atoms with Crippen molar-refractivity contribution < 1.29 is 9.59 Å². The summed E-state index contributed by atoms with van der Waals surface area (Å²) in [6.45, 7) is 8.09. The number of nitrogens with one attached hydrogen (secondary N) is 1. The van der Waals surface area contributed by atoms with Gasteiger partial charge in [0, 0.05) is 57.3 Å². The fourth-order valence-corrected chi connectivity index (χ4v) is 4.92. The SMILES string of the molecule is O=C(NCCCN1CCN(Cc2ccccc2)CC1)c1ccc(CN2C(=O)CCn3nccc32)cc1. The molecular formula is C28H34N6O2. The minimum absolute atomic E-state index is 0.0543. The molecule has 8 nitrogen and oxygen atoms in total. The van der Waals surface area contributed by atoms with Crippen molar-refractivity contribution in [3.05, 3.63) is 83.6 Å². The van der Waals surface area contributed by atoms with Crippen molar-refractivity contribution in [1.29, 1.82) is 0 Å². The summed E-state index contributed by atoms with van der Waals surface area (Å²) in [5.74, 6) is 0.870. The molecular weight excluding hydrogens is 452 g/mol. The smallest absolute Gasteiger partial charge is 0.251 e. The fourth-order valence-electron chi connectivity index (χ4n) is 4.92. The Morgan fingerprint density at radius 3 is 2.33 bits per heavy atom. The van der Waals surface area contributed by atoms with Gasteiger partial charge >= 0.3 is 0 Å². The lowest BCUT2D eigenvalue weighted by molar-refractivity contribution is -0.119. The third-order valence-corrected chi connectivity index (χ3v) is 7.02. The number of hydrogen-bond acceptors (Lipinski definition) is 5. The third kappa shape index (κ3) is 6.01. The minimum Gasteiger partial charge on any atom is -0.352 e. The highest BCUT2D eigenvalue weighted by Crippen LogP contribution is 2.23. The summed E-state index contributed by atoms with van der Waals surface area (Å²) in [4.78, 5) is 31.7. The number of carbonyl (C=O) groups is 2. The molecule has 0 atom stereocenters. The highest BCUT2D eigenvalue weighted by Gasteiger charge is 2.24. The minimum atomic E-state index is -0.0543. The standard InChI is InChI=1S/C28H34N6O2/c35-27-12-16-34-26(11-14-30-34)33(27)22-24-7-9-25(10-8-24)28(36)29-13-4-15-31-17-19-32(20-18-31)21-23-5-2-1-3-6-23/h1-3,5-11,14H,4,12-13,15-22H2,(H,29,36). The zero-order valence-electron chi connectivity index (χ0n) is 20.7. The quantitative estimate of drug-likeness (QED) is 0.471. The van der Waals surface area contributed by atoms with E-state index in [-0.39, 0.29) is 11.8 Å². The van der Waals surface area contributed by atoms with Gasteiger partial charge in [-0.1, -0.05) is 42.5 Å². The molecule has 0 spiro atoms. The number of aryl methyl sites for hydroxylation is 1. The highest BCUT2D eigenvalue weighted by atomic mass is 16.2. The molecule has 1 saturated heterocycles. The van der Waals surface area contributed by atoms with Gasteiger partial charge in [0.15, 0.2) is 0 Å². The first-order chi connectivity index (χ1) is 17.7. The number of aromatic nitrogens is 2. The average Bonchev–Trinajstić information content (AvgIpc) is 3.39. The van der Waals surface area contributed by atoms with Crippen LogP contribution in [0.4, 0.5) is 5.82 Å². The van der Waals surface area contributed by atoms with E-state index in [1.165, 1.54) is 5.56 Å². The molecule has 3 heterocycles. The van der Waals surface area contributed by atoms with Crippen LogP contribution in [0.25, 0.3) is 0 Å². The lowest BCUT2D eigenvalue weighted by Crippen LogP contribution is -2.46. The summed E-state index contributed by atoms with van der Waals surface area (Å²) in [6.07, 6.45) is 3.12. The summed E-state index contributed by atoms with van der Waals surface area (Å²) in [6, 6.07) is 20.0. The molecule has 2 aliphatic rings. The molecule has 0 radical (unpaired) electrons. The Bertz CT molecular complexity index is 1150. The predicted octanol–water partition coefficient (Wildman–Crippen LogP) is 2.76. The van der Waals surface area contributed by atoms with Gasteiger partial charge in [0.25, 0.3) is 5.91 Å².